The molecule has 0 aromatic carbocycles. The molecule has 0 saturated heterocycles. The van der Waals surface area contributed by atoms with Crippen LogP contribution in [0.3, 0.4) is 0 Å². The maximum absolute atomic E-state index is 12.5. The van der Waals surface area contributed by atoms with Crippen molar-refractivity contribution >= 4 is 13.2 Å². The van der Waals surface area contributed by atoms with Crippen LogP contribution in [0.2, 0.25) is 0 Å². The first kappa shape index (κ1) is 41.6. The lowest BCUT2D eigenvalue weighted by atomic mass is 10.0. The third-order valence-corrected chi connectivity index (χ3v) is 11.4. The van der Waals surface area contributed by atoms with Crippen LogP contribution in [0, 0.1) is 0 Å². The molecule has 0 aromatic rings. The highest BCUT2D eigenvalue weighted by atomic mass is 31.2. The molecule has 0 aliphatic rings. The largest absolute Gasteiger partial charge is 0.328 e. The Bertz CT molecular complexity index is 980. The lowest BCUT2D eigenvalue weighted by Gasteiger charge is -2.27. The topological polar surface area (TPSA) is 43.4 Å². The summed E-state index contributed by atoms with van der Waals surface area (Å²) in [6.45, 7) is 21.5. The van der Waals surface area contributed by atoms with Crippen LogP contribution in [0.5, 0.6) is 0 Å². The Morgan fingerprint density at radius 1 is 0.558 bits per heavy atom. The van der Waals surface area contributed by atoms with E-state index in [4.69, 9.17) is 4.52 Å². The summed E-state index contributed by atoms with van der Waals surface area (Å²) in [4.78, 5) is 12.3. The van der Waals surface area contributed by atoms with Crippen molar-refractivity contribution in [2.24, 2.45) is 0 Å². The van der Waals surface area contributed by atoms with Gasteiger partial charge >= 0.3 is 0 Å². The number of hydrogen-bond acceptors (Lipinski definition) is 3. The van der Waals surface area contributed by atoms with Crippen molar-refractivity contribution in [1.29, 1.82) is 0 Å². The summed E-state index contributed by atoms with van der Waals surface area (Å²) in [6, 6.07) is 0. The third kappa shape index (κ3) is 24.6. The molecule has 1 atom stereocenters. The van der Waals surface area contributed by atoms with E-state index in [0.29, 0.717) is 25.2 Å². The van der Waals surface area contributed by atoms with Crippen molar-refractivity contribution in [1.82, 2.24) is 0 Å². The van der Waals surface area contributed by atoms with Crippen LogP contribution in [-0.2, 0) is 13.9 Å². The van der Waals surface area contributed by atoms with Crippen LogP contribution in [-0.4, -0.2) is 24.2 Å². The van der Waals surface area contributed by atoms with Gasteiger partial charge < -0.3 is 4.52 Å². The quantitative estimate of drug-likeness (QED) is 0.0615. The molecule has 0 aliphatic carbocycles. The molecule has 0 rings (SSSR count). The zero-order valence-electron chi connectivity index (χ0n) is 30.1. The second kappa shape index (κ2) is 23.9. The number of unbranched alkanes of at least 4 members (excludes halogenated alkanes) is 5. The van der Waals surface area contributed by atoms with Gasteiger partial charge in [-0.05, 0) is 112 Å². The standard InChI is InChI=1S/C39H69O3P/c1-33(2)21-18-24-36(5)27-19-25-34(3)22-15-16-23-35(4)26-20-28-37(6)30-31-38(40)29-14-12-11-13-17-32-42-43(10,41)39(7,8)9/h21-23,27-28H,11-20,24-26,29-32H2,1-10H3/b34-22+,35-23+,36-27+,37-28+. The van der Waals surface area contributed by atoms with Gasteiger partial charge in [-0.25, -0.2) is 0 Å². The van der Waals surface area contributed by atoms with Crippen molar-refractivity contribution < 1.29 is 13.9 Å². The minimum Gasteiger partial charge on any atom is -0.328 e. The predicted molar refractivity (Wildman–Crippen MR) is 193 cm³/mol. The van der Waals surface area contributed by atoms with Crippen LogP contribution >= 0.6 is 7.37 Å². The molecule has 0 fully saturated rings. The summed E-state index contributed by atoms with van der Waals surface area (Å²) in [5.41, 5.74) is 7.22. The predicted octanol–water partition coefficient (Wildman–Crippen LogP) is 13.3. The van der Waals surface area contributed by atoms with Gasteiger partial charge in [0.1, 0.15) is 5.78 Å². The number of Topliss-reactive ketones (excluding diaryl/α,β-unsaturated/α-hetero) is 1. The molecule has 43 heavy (non-hydrogen) atoms. The number of rotatable bonds is 24. The van der Waals surface area contributed by atoms with E-state index < -0.39 is 7.37 Å². The number of carbonyl (C=O) groups excluding carboxylic acids is 1. The number of allylic oxidation sites excluding steroid dienone is 10. The molecule has 0 amide bonds. The molecule has 0 aliphatic heterocycles. The van der Waals surface area contributed by atoms with Gasteiger partial charge in [-0.15, -0.1) is 0 Å². The van der Waals surface area contributed by atoms with E-state index in [0.717, 1.165) is 83.5 Å². The van der Waals surface area contributed by atoms with E-state index in [1.165, 1.54) is 34.3 Å². The minimum absolute atomic E-state index is 0.295. The third-order valence-electron chi connectivity index (χ3n) is 8.26. The summed E-state index contributed by atoms with van der Waals surface area (Å²) in [7, 11) is -2.55. The number of hydrogen-bond donors (Lipinski definition) is 0. The molecule has 4 heteroatoms. The first-order valence-corrected chi connectivity index (χ1v) is 19.2. The summed E-state index contributed by atoms with van der Waals surface area (Å²) in [5, 5.41) is -0.295. The van der Waals surface area contributed by atoms with Gasteiger partial charge in [0.2, 0.25) is 7.37 Å². The van der Waals surface area contributed by atoms with E-state index >= 15 is 0 Å². The second-order valence-electron chi connectivity index (χ2n) is 14.1. The highest BCUT2D eigenvalue weighted by molar-refractivity contribution is 7.59. The van der Waals surface area contributed by atoms with Crippen LogP contribution in [0.4, 0.5) is 0 Å². The number of ketones is 1. The first-order valence-electron chi connectivity index (χ1n) is 17.1. The molecular formula is C39H69O3P. The molecule has 0 bridgehead atoms. The van der Waals surface area contributed by atoms with Gasteiger partial charge in [0, 0.05) is 24.7 Å². The van der Waals surface area contributed by atoms with E-state index in [1.807, 2.05) is 20.8 Å². The molecule has 0 aromatic heterocycles. The zero-order chi connectivity index (χ0) is 32.7. The Hall–Kier alpha value is -1.44. The van der Waals surface area contributed by atoms with Crippen molar-refractivity contribution in [3.63, 3.8) is 0 Å². The molecule has 248 valence electrons. The monoisotopic (exact) mass is 616 g/mol. The molecule has 1 unspecified atom stereocenters. The van der Waals surface area contributed by atoms with Gasteiger partial charge in [0.05, 0.1) is 6.61 Å². The average molecular weight is 617 g/mol. The Kier molecular flexibility index (Phi) is 23.1. The van der Waals surface area contributed by atoms with Gasteiger partial charge in [-0.3, -0.25) is 9.36 Å². The van der Waals surface area contributed by atoms with E-state index in [-0.39, 0.29) is 5.16 Å². The Labute approximate surface area is 268 Å². The van der Waals surface area contributed by atoms with Gasteiger partial charge in [-0.2, -0.15) is 0 Å². The van der Waals surface area contributed by atoms with Crippen LogP contribution in [0.1, 0.15) is 165 Å². The fraction of sp³-hybridized carbons (Fsp3) is 0.718. The SMILES string of the molecule is CC(C)=CCC/C(C)=C/CC/C(C)=C/CC/C=C(\C)CC/C=C(\C)CCC(=O)CCCCCCCOP(C)(=O)C(C)(C)C. The Morgan fingerprint density at radius 2 is 0.977 bits per heavy atom. The molecular weight excluding hydrogens is 547 g/mol. The molecule has 0 radical (unpaired) electrons. The Morgan fingerprint density at radius 3 is 1.47 bits per heavy atom. The minimum atomic E-state index is -2.55. The fourth-order valence-electron chi connectivity index (χ4n) is 4.60. The fourth-order valence-corrected chi connectivity index (χ4v) is 5.46. The van der Waals surface area contributed by atoms with Gasteiger partial charge in [-0.1, -0.05) is 98.3 Å². The highest BCUT2D eigenvalue weighted by Crippen LogP contribution is 2.55. The summed E-state index contributed by atoms with van der Waals surface area (Å²) in [5.74, 6) is 0.387. The van der Waals surface area contributed by atoms with Gasteiger partial charge in [0.15, 0.2) is 0 Å². The summed E-state index contributed by atoms with van der Waals surface area (Å²) < 4.78 is 18.2. The van der Waals surface area contributed by atoms with Crippen LogP contribution in [0.15, 0.2) is 58.2 Å². The Balaban J connectivity index is 3.98. The van der Waals surface area contributed by atoms with Crippen molar-refractivity contribution in [2.75, 3.05) is 13.3 Å². The summed E-state index contributed by atoms with van der Waals surface area (Å²) >= 11 is 0. The normalized spacial score (nSPS) is 15.0. The van der Waals surface area contributed by atoms with E-state index in [9.17, 15) is 9.36 Å². The van der Waals surface area contributed by atoms with Gasteiger partial charge in [0.25, 0.3) is 0 Å². The smallest absolute Gasteiger partial charge is 0.205 e. The second-order valence-corrected chi connectivity index (χ2v) is 17.4. The molecule has 0 N–H and O–H groups in total. The highest BCUT2D eigenvalue weighted by Gasteiger charge is 2.32. The first-order chi connectivity index (χ1) is 20.1. The van der Waals surface area contributed by atoms with E-state index in [2.05, 4.69) is 71.9 Å². The average Bonchev–Trinajstić information content (AvgIpc) is 2.90. The molecule has 0 spiro atoms. The molecule has 3 nitrogen and oxygen atoms in total. The maximum Gasteiger partial charge on any atom is 0.205 e. The maximum atomic E-state index is 12.5. The molecule has 0 saturated carbocycles. The van der Waals surface area contributed by atoms with Crippen molar-refractivity contribution in [2.45, 2.75) is 170 Å². The van der Waals surface area contributed by atoms with Crippen LogP contribution in [0.25, 0.3) is 0 Å². The van der Waals surface area contributed by atoms with Crippen LogP contribution < -0.4 is 0 Å². The zero-order valence-corrected chi connectivity index (χ0v) is 31.0. The van der Waals surface area contributed by atoms with E-state index in [1.54, 1.807) is 6.66 Å². The number of carbonyl (C=O) groups is 1. The van der Waals surface area contributed by atoms with Crippen molar-refractivity contribution in [3.8, 4) is 0 Å². The lowest BCUT2D eigenvalue weighted by Crippen LogP contribution is -2.16. The summed E-state index contributed by atoms with van der Waals surface area (Å²) in [6.07, 6.45) is 28.3. The molecule has 0 heterocycles. The lowest BCUT2D eigenvalue weighted by molar-refractivity contribution is -0.119. The van der Waals surface area contributed by atoms with Crippen molar-refractivity contribution in [3.05, 3.63) is 58.2 Å².